The molecule has 3 N–H and O–H groups in total. The van der Waals surface area contributed by atoms with E-state index in [0.717, 1.165) is 25.1 Å². The summed E-state index contributed by atoms with van der Waals surface area (Å²) in [6, 6.07) is 10.1. The van der Waals surface area contributed by atoms with Crippen LogP contribution in [-0.2, 0) is 9.53 Å². The molecule has 2 atom stereocenters. The SMILES string of the molecule is CN(CCNC(=O)[C@@H]1CC[C@H](CN)O1)c1ccccc1. The Morgan fingerprint density at radius 3 is 2.80 bits per heavy atom. The van der Waals surface area contributed by atoms with E-state index in [1.54, 1.807) is 0 Å². The highest BCUT2D eigenvalue weighted by atomic mass is 16.5. The zero-order valence-electron chi connectivity index (χ0n) is 11.9. The van der Waals surface area contributed by atoms with Gasteiger partial charge in [0.15, 0.2) is 0 Å². The first-order valence-electron chi connectivity index (χ1n) is 7.10. The van der Waals surface area contributed by atoms with Gasteiger partial charge >= 0.3 is 0 Å². The zero-order chi connectivity index (χ0) is 14.4. The quantitative estimate of drug-likeness (QED) is 0.805. The molecule has 0 aromatic heterocycles. The minimum atomic E-state index is -0.328. The monoisotopic (exact) mass is 277 g/mol. The number of amides is 1. The summed E-state index contributed by atoms with van der Waals surface area (Å²) < 4.78 is 5.56. The lowest BCUT2D eigenvalue weighted by molar-refractivity contribution is -0.131. The summed E-state index contributed by atoms with van der Waals surface area (Å²) in [5.74, 6) is -0.0255. The fraction of sp³-hybridized carbons (Fsp3) is 0.533. The van der Waals surface area contributed by atoms with Crippen LogP contribution in [0.2, 0.25) is 0 Å². The average molecular weight is 277 g/mol. The second-order valence-corrected chi connectivity index (χ2v) is 5.11. The van der Waals surface area contributed by atoms with E-state index >= 15 is 0 Å². The zero-order valence-corrected chi connectivity index (χ0v) is 11.9. The normalized spacial score (nSPS) is 21.7. The van der Waals surface area contributed by atoms with E-state index in [1.165, 1.54) is 0 Å². The molecule has 1 aliphatic heterocycles. The molecule has 1 fully saturated rings. The summed E-state index contributed by atoms with van der Waals surface area (Å²) in [4.78, 5) is 14.0. The Kier molecular flexibility index (Phi) is 5.38. The molecule has 1 saturated heterocycles. The van der Waals surface area contributed by atoms with Crippen LogP contribution in [0.25, 0.3) is 0 Å². The van der Waals surface area contributed by atoms with Crippen molar-refractivity contribution in [2.45, 2.75) is 25.0 Å². The summed E-state index contributed by atoms with van der Waals surface area (Å²) in [7, 11) is 2.01. The van der Waals surface area contributed by atoms with Gasteiger partial charge in [-0.15, -0.1) is 0 Å². The number of carbonyl (C=O) groups is 1. The largest absolute Gasteiger partial charge is 0.373 e. The van der Waals surface area contributed by atoms with Gasteiger partial charge in [0.25, 0.3) is 0 Å². The Morgan fingerprint density at radius 2 is 2.15 bits per heavy atom. The maximum absolute atomic E-state index is 11.9. The van der Waals surface area contributed by atoms with Gasteiger partial charge < -0.3 is 20.7 Å². The third kappa shape index (κ3) is 3.95. The Morgan fingerprint density at radius 1 is 1.40 bits per heavy atom. The van der Waals surface area contributed by atoms with Gasteiger partial charge in [-0.1, -0.05) is 18.2 Å². The van der Waals surface area contributed by atoms with E-state index in [2.05, 4.69) is 10.2 Å². The molecule has 0 aliphatic carbocycles. The number of nitrogens with two attached hydrogens (primary N) is 1. The number of para-hydroxylation sites is 1. The fourth-order valence-electron chi connectivity index (χ4n) is 2.34. The topological polar surface area (TPSA) is 67.6 Å². The van der Waals surface area contributed by atoms with Gasteiger partial charge in [0, 0.05) is 32.4 Å². The smallest absolute Gasteiger partial charge is 0.249 e. The molecule has 0 bridgehead atoms. The number of benzene rings is 1. The van der Waals surface area contributed by atoms with Crippen LogP contribution in [0, 0.1) is 0 Å². The van der Waals surface area contributed by atoms with Gasteiger partial charge in [-0.2, -0.15) is 0 Å². The van der Waals surface area contributed by atoms with Crippen molar-refractivity contribution < 1.29 is 9.53 Å². The van der Waals surface area contributed by atoms with Gasteiger partial charge in [-0.05, 0) is 25.0 Å². The molecule has 0 radical (unpaired) electrons. The summed E-state index contributed by atoms with van der Waals surface area (Å²) >= 11 is 0. The van der Waals surface area contributed by atoms with E-state index in [-0.39, 0.29) is 18.1 Å². The summed E-state index contributed by atoms with van der Waals surface area (Å²) in [5.41, 5.74) is 6.68. The molecule has 1 aliphatic rings. The van der Waals surface area contributed by atoms with Crippen LogP contribution < -0.4 is 16.0 Å². The third-order valence-corrected chi connectivity index (χ3v) is 3.61. The number of likely N-dealkylation sites (N-methyl/N-ethyl adjacent to an activating group) is 1. The molecule has 110 valence electrons. The van der Waals surface area contributed by atoms with E-state index in [0.29, 0.717) is 13.1 Å². The van der Waals surface area contributed by atoms with Gasteiger partial charge in [0.1, 0.15) is 6.10 Å². The molecule has 0 unspecified atom stereocenters. The number of nitrogens with zero attached hydrogens (tertiary/aromatic N) is 1. The molecule has 1 aromatic rings. The van der Waals surface area contributed by atoms with E-state index < -0.39 is 0 Å². The first-order valence-corrected chi connectivity index (χ1v) is 7.10. The lowest BCUT2D eigenvalue weighted by Crippen LogP contribution is -2.39. The van der Waals surface area contributed by atoms with Crippen molar-refractivity contribution in [3.63, 3.8) is 0 Å². The van der Waals surface area contributed by atoms with Crippen LogP contribution >= 0.6 is 0 Å². The van der Waals surface area contributed by atoms with Crippen LogP contribution in [-0.4, -0.2) is 44.8 Å². The number of hydrogen-bond donors (Lipinski definition) is 2. The number of rotatable bonds is 6. The standard InChI is InChI=1S/C15H23N3O2/c1-18(12-5-3-2-4-6-12)10-9-17-15(19)14-8-7-13(11-16)20-14/h2-6,13-14H,7-11,16H2,1H3,(H,17,19)/t13-,14+/m1/s1. The Bertz CT molecular complexity index is 424. The lowest BCUT2D eigenvalue weighted by atomic mass is 10.2. The molecule has 0 spiro atoms. The lowest BCUT2D eigenvalue weighted by Gasteiger charge is -2.20. The predicted molar refractivity (Wildman–Crippen MR) is 79.7 cm³/mol. The second-order valence-electron chi connectivity index (χ2n) is 5.11. The molecule has 2 rings (SSSR count). The van der Waals surface area contributed by atoms with Crippen LogP contribution in [0.1, 0.15) is 12.8 Å². The van der Waals surface area contributed by atoms with Crippen LogP contribution in [0.4, 0.5) is 5.69 Å². The number of anilines is 1. The Labute approximate surface area is 120 Å². The first-order chi connectivity index (χ1) is 9.70. The van der Waals surface area contributed by atoms with Gasteiger partial charge in [0.2, 0.25) is 5.91 Å². The van der Waals surface area contributed by atoms with Crippen molar-refractivity contribution in [1.82, 2.24) is 5.32 Å². The molecular weight excluding hydrogens is 254 g/mol. The first kappa shape index (κ1) is 14.8. The second kappa shape index (κ2) is 7.26. The fourth-order valence-corrected chi connectivity index (χ4v) is 2.34. The van der Waals surface area contributed by atoms with E-state index in [1.807, 2.05) is 37.4 Å². The van der Waals surface area contributed by atoms with Crippen LogP contribution in [0.5, 0.6) is 0 Å². The molecule has 1 aromatic carbocycles. The maximum Gasteiger partial charge on any atom is 0.249 e. The average Bonchev–Trinajstić information content (AvgIpc) is 2.97. The Hall–Kier alpha value is -1.59. The molecule has 5 nitrogen and oxygen atoms in total. The third-order valence-electron chi connectivity index (χ3n) is 3.61. The van der Waals surface area contributed by atoms with Crippen LogP contribution in [0.3, 0.4) is 0 Å². The van der Waals surface area contributed by atoms with Crippen molar-refractivity contribution in [2.24, 2.45) is 5.73 Å². The predicted octanol–water partition coefficient (Wildman–Crippen LogP) is 0.745. The number of hydrogen-bond acceptors (Lipinski definition) is 4. The summed E-state index contributed by atoms with van der Waals surface area (Å²) in [6.45, 7) is 1.86. The molecule has 20 heavy (non-hydrogen) atoms. The highest BCUT2D eigenvalue weighted by molar-refractivity contribution is 5.81. The van der Waals surface area contributed by atoms with Crippen molar-refractivity contribution in [2.75, 3.05) is 31.6 Å². The Balaban J connectivity index is 1.69. The van der Waals surface area contributed by atoms with Crippen LogP contribution in [0.15, 0.2) is 30.3 Å². The van der Waals surface area contributed by atoms with Crippen molar-refractivity contribution >= 4 is 11.6 Å². The van der Waals surface area contributed by atoms with Crippen molar-refractivity contribution in [3.05, 3.63) is 30.3 Å². The van der Waals surface area contributed by atoms with Gasteiger partial charge in [-0.25, -0.2) is 0 Å². The van der Waals surface area contributed by atoms with Crippen molar-refractivity contribution in [1.29, 1.82) is 0 Å². The highest BCUT2D eigenvalue weighted by Gasteiger charge is 2.29. The molecule has 1 heterocycles. The molecule has 0 saturated carbocycles. The minimum absolute atomic E-state index is 0.0255. The van der Waals surface area contributed by atoms with Gasteiger partial charge in [-0.3, -0.25) is 4.79 Å². The highest BCUT2D eigenvalue weighted by Crippen LogP contribution is 2.18. The van der Waals surface area contributed by atoms with Crippen molar-refractivity contribution in [3.8, 4) is 0 Å². The number of ether oxygens (including phenoxy) is 1. The summed E-state index contributed by atoms with van der Waals surface area (Å²) in [5, 5.41) is 2.92. The maximum atomic E-state index is 11.9. The molecular formula is C15H23N3O2. The summed E-state index contributed by atoms with van der Waals surface area (Å²) in [6.07, 6.45) is 1.35. The minimum Gasteiger partial charge on any atom is -0.373 e. The number of carbonyl (C=O) groups excluding carboxylic acids is 1. The van der Waals surface area contributed by atoms with E-state index in [4.69, 9.17) is 10.5 Å². The van der Waals surface area contributed by atoms with Gasteiger partial charge in [0.05, 0.1) is 6.10 Å². The molecule has 5 heteroatoms. The molecule has 1 amide bonds. The van der Waals surface area contributed by atoms with E-state index in [9.17, 15) is 4.79 Å². The number of nitrogens with one attached hydrogen (secondary N) is 1.